The van der Waals surface area contributed by atoms with E-state index in [2.05, 4.69) is 9.97 Å². The van der Waals surface area contributed by atoms with Crippen molar-refractivity contribution < 1.29 is 9.53 Å². The van der Waals surface area contributed by atoms with Gasteiger partial charge in [0.15, 0.2) is 0 Å². The molecule has 116 valence electrons. The van der Waals surface area contributed by atoms with Gasteiger partial charge in [-0.05, 0) is 25.5 Å². The number of ether oxygens (including phenoxy) is 1. The number of aromatic nitrogens is 2. The molecule has 2 aromatic rings. The molecular weight excluding hydrogens is 282 g/mol. The van der Waals surface area contributed by atoms with Crippen LogP contribution in [0.3, 0.4) is 0 Å². The highest BCUT2D eigenvalue weighted by atomic mass is 16.5. The lowest BCUT2D eigenvalue weighted by Gasteiger charge is -2.33. The lowest BCUT2D eigenvalue weighted by atomic mass is 10.2. The summed E-state index contributed by atoms with van der Waals surface area (Å²) in [5.41, 5.74) is 1.62. The Morgan fingerprint density at radius 2 is 2.27 bits per heavy atom. The van der Waals surface area contributed by atoms with E-state index in [1.54, 1.807) is 4.90 Å². The Bertz CT molecular complexity index is 741. The number of benzene rings is 1. The number of hydrogen-bond acceptors (Lipinski definition) is 4. The van der Waals surface area contributed by atoms with Crippen molar-refractivity contribution in [3.63, 3.8) is 0 Å². The fourth-order valence-corrected chi connectivity index (χ4v) is 2.69. The first-order chi connectivity index (χ1) is 10.6. The fraction of sp³-hybridized carbons (Fsp3) is 0.438. The quantitative estimate of drug-likeness (QED) is 0.931. The molecule has 1 atom stereocenters. The predicted octanol–water partition coefficient (Wildman–Crippen LogP) is 1.45. The number of nitrogens with one attached hydrogen (secondary N) is 1. The van der Waals surface area contributed by atoms with E-state index in [-0.39, 0.29) is 24.1 Å². The number of amides is 1. The van der Waals surface area contributed by atoms with Crippen LogP contribution in [0.5, 0.6) is 0 Å². The molecule has 1 saturated heterocycles. The zero-order valence-corrected chi connectivity index (χ0v) is 12.5. The molecule has 1 aliphatic heterocycles. The van der Waals surface area contributed by atoms with Crippen LogP contribution in [0.15, 0.2) is 29.1 Å². The van der Waals surface area contributed by atoms with Crippen LogP contribution in [-0.2, 0) is 16.0 Å². The molecule has 1 aromatic heterocycles. The van der Waals surface area contributed by atoms with E-state index in [0.717, 1.165) is 11.9 Å². The number of rotatable bonds is 3. The normalized spacial score (nSPS) is 18.6. The smallest absolute Gasteiger partial charge is 0.270 e. The highest BCUT2D eigenvalue weighted by Gasteiger charge is 2.23. The number of hydrogen-bond donors (Lipinski definition) is 1. The number of fused-ring (bicyclic) bond motifs is 1. The van der Waals surface area contributed by atoms with Crippen molar-refractivity contribution in [2.45, 2.75) is 32.4 Å². The van der Waals surface area contributed by atoms with E-state index in [1.165, 1.54) is 0 Å². The molecule has 1 N–H and O–H groups in total. The van der Waals surface area contributed by atoms with Crippen LogP contribution in [0.25, 0.3) is 11.0 Å². The Kier molecular flexibility index (Phi) is 4.20. The molecule has 0 bridgehead atoms. The van der Waals surface area contributed by atoms with Gasteiger partial charge in [-0.1, -0.05) is 12.1 Å². The first-order valence-electron chi connectivity index (χ1n) is 7.54. The number of aromatic amines is 1. The fourth-order valence-electron chi connectivity index (χ4n) is 2.69. The zero-order chi connectivity index (χ0) is 15.5. The van der Waals surface area contributed by atoms with E-state index in [9.17, 15) is 9.59 Å². The van der Waals surface area contributed by atoms with Gasteiger partial charge < -0.3 is 14.6 Å². The maximum absolute atomic E-state index is 12.3. The zero-order valence-electron chi connectivity index (χ0n) is 12.5. The summed E-state index contributed by atoms with van der Waals surface area (Å²) >= 11 is 0. The van der Waals surface area contributed by atoms with Crippen molar-refractivity contribution in [3.8, 4) is 0 Å². The summed E-state index contributed by atoms with van der Waals surface area (Å²) in [5.74, 6) is 0.00144. The summed E-state index contributed by atoms with van der Waals surface area (Å²) in [7, 11) is 0. The molecule has 6 nitrogen and oxygen atoms in total. The molecule has 2 heterocycles. The highest BCUT2D eigenvalue weighted by Crippen LogP contribution is 2.12. The molecule has 1 aliphatic rings. The average Bonchev–Trinajstić information content (AvgIpc) is 2.53. The van der Waals surface area contributed by atoms with E-state index >= 15 is 0 Å². The number of carbonyl (C=O) groups excluding carboxylic acids is 1. The summed E-state index contributed by atoms with van der Waals surface area (Å²) in [6.07, 6.45) is 1.26. The van der Waals surface area contributed by atoms with Crippen molar-refractivity contribution in [3.05, 3.63) is 40.3 Å². The minimum absolute atomic E-state index is 0.00144. The first-order valence-corrected chi connectivity index (χ1v) is 7.54. The molecule has 1 amide bonds. The monoisotopic (exact) mass is 301 g/mol. The second kappa shape index (κ2) is 6.27. The Morgan fingerprint density at radius 3 is 3.09 bits per heavy atom. The number of nitrogens with zero attached hydrogens (tertiary/aromatic N) is 2. The number of H-pyrrole nitrogens is 1. The van der Waals surface area contributed by atoms with E-state index in [4.69, 9.17) is 4.74 Å². The second-order valence-corrected chi connectivity index (χ2v) is 5.44. The first kappa shape index (κ1) is 14.7. The van der Waals surface area contributed by atoms with Crippen LogP contribution in [0, 0.1) is 0 Å². The van der Waals surface area contributed by atoms with Crippen LogP contribution >= 0.6 is 0 Å². The SMILES string of the molecule is CC1OCCCN1C(=O)CCc1nc2ccccc2[nH]c1=O. The average molecular weight is 301 g/mol. The molecule has 1 fully saturated rings. The molecule has 0 radical (unpaired) electrons. The van der Waals surface area contributed by atoms with Gasteiger partial charge in [0.25, 0.3) is 5.56 Å². The highest BCUT2D eigenvalue weighted by molar-refractivity contribution is 5.77. The van der Waals surface area contributed by atoms with Gasteiger partial charge in [-0.3, -0.25) is 9.59 Å². The van der Waals surface area contributed by atoms with Crippen molar-refractivity contribution >= 4 is 16.9 Å². The topological polar surface area (TPSA) is 75.3 Å². The largest absolute Gasteiger partial charge is 0.359 e. The van der Waals surface area contributed by atoms with Gasteiger partial charge in [-0.25, -0.2) is 4.98 Å². The Balaban J connectivity index is 1.72. The van der Waals surface area contributed by atoms with Crippen molar-refractivity contribution in [1.82, 2.24) is 14.9 Å². The summed E-state index contributed by atoms with van der Waals surface area (Å²) in [4.78, 5) is 33.2. The minimum atomic E-state index is -0.227. The molecule has 3 rings (SSSR count). The molecule has 0 aliphatic carbocycles. The van der Waals surface area contributed by atoms with E-state index in [1.807, 2.05) is 31.2 Å². The summed E-state index contributed by atoms with van der Waals surface area (Å²) in [5, 5.41) is 0. The lowest BCUT2D eigenvalue weighted by Crippen LogP contribution is -2.44. The number of carbonyl (C=O) groups is 1. The van der Waals surface area contributed by atoms with Crippen LogP contribution in [-0.4, -0.2) is 40.2 Å². The maximum Gasteiger partial charge on any atom is 0.270 e. The van der Waals surface area contributed by atoms with Crippen LogP contribution < -0.4 is 5.56 Å². The molecule has 1 aromatic carbocycles. The van der Waals surface area contributed by atoms with Crippen molar-refractivity contribution in [1.29, 1.82) is 0 Å². The van der Waals surface area contributed by atoms with Crippen LogP contribution in [0.4, 0.5) is 0 Å². The lowest BCUT2D eigenvalue weighted by molar-refractivity contribution is -0.151. The Hall–Kier alpha value is -2.21. The van der Waals surface area contributed by atoms with Gasteiger partial charge in [0, 0.05) is 19.4 Å². The molecular formula is C16H19N3O3. The molecule has 6 heteroatoms. The predicted molar refractivity (Wildman–Crippen MR) is 82.4 cm³/mol. The molecule has 0 saturated carbocycles. The van der Waals surface area contributed by atoms with E-state index in [0.29, 0.717) is 30.8 Å². The third kappa shape index (κ3) is 3.01. The molecule has 0 spiro atoms. The van der Waals surface area contributed by atoms with Crippen molar-refractivity contribution in [2.24, 2.45) is 0 Å². The molecule has 22 heavy (non-hydrogen) atoms. The van der Waals surface area contributed by atoms with Gasteiger partial charge in [0.05, 0.1) is 17.6 Å². The van der Waals surface area contributed by atoms with Gasteiger partial charge in [0.1, 0.15) is 11.9 Å². The summed E-state index contributed by atoms with van der Waals surface area (Å²) in [6.45, 7) is 3.27. The second-order valence-electron chi connectivity index (χ2n) is 5.44. The Labute approximate surface area is 128 Å². The molecule has 1 unspecified atom stereocenters. The standard InChI is InChI=1S/C16H19N3O3/c1-11-19(9-4-10-22-11)15(20)8-7-14-16(21)18-13-6-3-2-5-12(13)17-14/h2-3,5-6,11H,4,7-10H2,1H3,(H,18,21). The van der Waals surface area contributed by atoms with Gasteiger partial charge >= 0.3 is 0 Å². The Morgan fingerprint density at radius 1 is 1.45 bits per heavy atom. The number of para-hydroxylation sites is 2. The number of aryl methyl sites for hydroxylation is 1. The van der Waals surface area contributed by atoms with Gasteiger partial charge in [0.2, 0.25) is 5.91 Å². The minimum Gasteiger partial charge on any atom is -0.359 e. The van der Waals surface area contributed by atoms with E-state index < -0.39 is 0 Å². The van der Waals surface area contributed by atoms with Crippen molar-refractivity contribution in [2.75, 3.05) is 13.2 Å². The van der Waals surface area contributed by atoms with Crippen LogP contribution in [0.2, 0.25) is 0 Å². The summed E-state index contributed by atoms with van der Waals surface area (Å²) in [6, 6.07) is 7.37. The van der Waals surface area contributed by atoms with Gasteiger partial charge in [-0.15, -0.1) is 0 Å². The summed E-state index contributed by atoms with van der Waals surface area (Å²) < 4.78 is 5.47. The van der Waals surface area contributed by atoms with Gasteiger partial charge in [-0.2, -0.15) is 0 Å². The van der Waals surface area contributed by atoms with Crippen LogP contribution in [0.1, 0.15) is 25.5 Å². The maximum atomic E-state index is 12.3. The third-order valence-corrected chi connectivity index (χ3v) is 3.91. The third-order valence-electron chi connectivity index (χ3n) is 3.91.